The Morgan fingerprint density at radius 1 is 1.29 bits per heavy atom. The van der Waals surface area contributed by atoms with Gasteiger partial charge in [0, 0.05) is 37.7 Å². The van der Waals surface area contributed by atoms with Crippen molar-refractivity contribution in [2.75, 3.05) is 27.3 Å². The number of sulfonamides is 1. The summed E-state index contributed by atoms with van der Waals surface area (Å²) in [6.45, 7) is 0.545. The van der Waals surface area contributed by atoms with E-state index >= 15 is 0 Å². The zero-order chi connectivity index (χ0) is 15.6. The normalized spacial score (nSPS) is 23.6. The smallest absolute Gasteiger partial charge is 0.244 e. The Balaban J connectivity index is 2.35. The van der Waals surface area contributed by atoms with Gasteiger partial charge in [0.05, 0.1) is 17.1 Å². The molecule has 2 unspecified atom stereocenters. The van der Waals surface area contributed by atoms with Gasteiger partial charge >= 0.3 is 0 Å². The Labute approximate surface area is 138 Å². The summed E-state index contributed by atoms with van der Waals surface area (Å²) in [6.07, 6.45) is -0.528. The van der Waals surface area contributed by atoms with Crippen molar-refractivity contribution in [1.82, 2.24) is 4.31 Å². The van der Waals surface area contributed by atoms with E-state index in [-0.39, 0.29) is 36.1 Å². The highest BCUT2D eigenvalue weighted by molar-refractivity contribution is 9.10. The van der Waals surface area contributed by atoms with E-state index in [0.29, 0.717) is 4.47 Å². The van der Waals surface area contributed by atoms with E-state index in [0.717, 1.165) is 5.56 Å². The van der Waals surface area contributed by atoms with Crippen LogP contribution >= 0.6 is 27.5 Å². The first kappa shape index (κ1) is 17.2. The molecule has 0 amide bonds. The fraction of sp³-hybridized carbons (Fsp3) is 0.538. The first-order valence-electron chi connectivity index (χ1n) is 6.34. The minimum Gasteiger partial charge on any atom is -0.377 e. The molecule has 5 nitrogen and oxygen atoms in total. The number of nitrogens with zero attached hydrogens (tertiary/aromatic N) is 1. The van der Waals surface area contributed by atoms with Crippen molar-refractivity contribution in [3.8, 4) is 0 Å². The SMILES string of the molecule is COC1CN(S(=O)(=O)c2cc(CCl)ccc2Br)CC1OC. The number of ether oxygens (including phenoxy) is 2. The number of hydrogen-bond acceptors (Lipinski definition) is 4. The molecular formula is C13H17BrClNO4S. The Kier molecular flexibility index (Phi) is 5.67. The van der Waals surface area contributed by atoms with Crippen LogP contribution in [0.5, 0.6) is 0 Å². The lowest BCUT2D eigenvalue weighted by Gasteiger charge is -2.17. The average molecular weight is 399 g/mol. The fourth-order valence-electron chi connectivity index (χ4n) is 2.33. The molecule has 1 aromatic rings. The zero-order valence-corrected chi connectivity index (χ0v) is 14.9. The van der Waals surface area contributed by atoms with Crippen molar-refractivity contribution < 1.29 is 17.9 Å². The van der Waals surface area contributed by atoms with Gasteiger partial charge in [-0.15, -0.1) is 11.6 Å². The van der Waals surface area contributed by atoms with Gasteiger partial charge in [-0.2, -0.15) is 4.31 Å². The van der Waals surface area contributed by atoms with Crippen LogP contribution in [-0.4, -0.2) is 52.2 Å². The molecule has 0 radical (unpaired) electrons. The van der Waals surface area contributed by atoms with Crippen LogP contribution in [0.2, 0.25) is 0 Å². The molecule has 1 saturated heterocycles. The largest absolute Gasteiger partial charge is 0.377 e. The summed E-state index contributed by atoms with van der Waals surface area (Å²) in [4.78, 5) is 0.215. The summed E-state index contributed by atoms with van der Waals surface area (Å²) < 4.78 is 38.1. The highest BCUT2D eigenvalue weighted by Crippen LogP contribution is 2.30. The van der Waals surface area contributed by atoms with Crippen LogP contribution in [0.1, 0.15) is 5.56 Å². The second kappa shape index (κ2) is 6.93. The van der Waals surface area contributed by atoms with Crippen molar-refractivity contribution in [3.63, 3.8) is 0 Å². The second-order valence-electron chi connectivity index (χ2n) is 4.77. The third-order valence-electron chi connectivity index (χ3n) is 3.56. The number of methoxy groups -OCH3 is 2. The minimum absolute atomic E-state index is 0.215. The van der Waals surface area contributed by atoms with Gasteiger partial charge in [0.15, 0.2) is 0 Å². The highest BCUT2D eigenvalue weighted by Gasteiger charge is 2.40. The first-order valence-corrected chi connectivity index (χ1v) is 9.11. The van der Waals surface area contributed by atoms with Crippen LogP contribution in [0.15, 0.2) is 27.6 Å². The Hall–Kier alpha value is -0.180. The lowest BCUT2D eigenvalue weighted by molar-refractivity contribution is -0.00461. The van der Waals surface area contributed by atoms with Crippen LogP contribution in [0.3, 0.4) is 0 Å². The molecule has 0 saturated carbocycles. The molecule has 1 aromatic carbocycles. The van der Waals surface area contributed by atoms with Gasteiger partial charge in [-0.1, -0.05) is 6.07 Å². The zero-order valence-electron chi connectivity index (χ0n) is 11.8. The molecule has 0 aromatic heterocycles. The summed E-state index contributed by atoms with van der Waals surface area (Å²) in [6, 6.07) is 5.08. The van der Waals surface area contributed by atoms with E-state index in [4.69, 9.17) is 21.1 Å². The van der Waals surface area contributed by atoms with Gasteiger partial charge < -0.3 is 9.47 Å². The molecule has 0 bridgehead atoms. The quantitative estimate of drug-likeness (QED) is 0.714. The van der Waals surface area contributed by atoms with Gasteiger partial charge in [-0.3, -0.25) is 0 Å². The lowest BCUT2D eigenvalue weighted by atomic mass is 10.2. The summed E-state index contributed by atoms with van der Waals surface area (Å²) in [5, 5.41) is 0. The predicted molar refractivity (Wildman–Crippen MR) is 84.1 cm³/mol. The number of halogens is 2. The maximum absolute atomic E-state index is 12.8. The average Bonchev–Trinajstić information content (AvgIpc) is 2.91. The van der Waals surface area contributed by atoms with Crippen molar-refractivity contribution in [3.05, 3.63) is 28.2 Å². The molecule has 1 heterocycles. The van der Waals surface area contributed by atoms with Gasteiger partial charge in [0.2, 0.25) is 10.0 Å². The summed E-state index contributed by atoms with van der Waals surface area (Å²) in [5.74, 6) is 0.261. The Bertz CT molecular complexity index is 598. The molecule has 21 heavy (non-hydrogen) atoms. The van der Waals surface area contributed by atoms with Gasteiger partial charge in [-0.05, 0) is 33.6 Å². The maximum Gasteiger partial charge on any atom is 0.244 e. The number of rotatable bonds is 5. The van der Waals surface area contributed by atoms with Crippen LogP contribution in [0.4, 0.5) is 0 Å². The monoisotopic (exact) mass is 397 g/mol. The first-order chi connectivity index (χ1) is 9.93. The van der Waals surface area contributed by atoms with Crippen LogP contribution in [0, 0.1) is 0 Å². The molecule has 118 valence electrons. The van der Waals surface area contributed by atoms with Crippen molar-refractivity contribution in [1.29, 1.82) is 0 Å². The van der Waals surface area contributed by atoms with Gasteiger partial charge in [-0.25, -0.2) is 8.42 Å². The van der Waals surface area contributed by atoms with Gasteiger partial charge in [0.25, 0.3) is 0 Å². The topological polar surface area (TPSA) is 55.8 Å². The van der Waals surface area contributed by atoms with Crippen LogP contribution in [-0.2, 0) is 25.4 Å². The molecule has 1 aliphatic heterocycles. The predicted octanol–water partition coefficient (Wildman–Crippen LogP) is 2.22. The number of alkyl halides is 1. The molecule has 1 aliphatic rings. The maximum atomic E-state index is 12.8. The highest BCUT2D eigenvalue weighted by atomic mass is 79.9. The van der Waals surface area contributed by atoms with Crippen LogP contribution < -0.4 is 0 Å². The summed E-state index contributed by atoms with van der Waals surface area (Å²) in [7, 11) is -0.515. The van der Waals surface area contributed by atoms with Crippen molar-refractivity contribution >= 4 is 37.6 Å². The molecule has 8 heteroatoms. The molecule has 2 atom stereocenters. The molecule has 0 spiro atoms. The van der Waals surface area contributed by atoms with Crippen molar-refractivity contribution in [2.24, 2.45) is 0 Å². The van der Waals surface area contributed by atoms with Gasteiger partial charge in [0.1, 0.15) is 0 Å². The number of benzene rings is 1. The standard InChI is InChI=1S/C13H17BrClNO4S/c1-19-11-7-16(8-12(11)20-2)21(17,18)13-5-9(6-15)3-4-10(13)14/h3-5,11-12H,6-8H2,1-2H3. The third kappa shape index (κ3) is 3.43. The van der Waals surface area contributed by atoms with E-state index in [9.17, 15) is 8.42 Å². The molecule has 2 rings (SSSR count). The Morgan fingerprint density at radius 2 is 1.86 bits per heavy atom. The van der Waals surface area contributed by atoms with E-state index in [2.05, 4.69) is 15.9 Å². The molecule has 1 fully saturated rings. The minimum atomic E-state index is -3.62. The lowest BCUT2D eigenvalue weighted by Crippen LogP contribution is -2.30. The molecular weight excluding hydrogens is 382 g/mol. The van der Waals surface area contributed by atoms with E-state index in [1.54, 1.807) is 32.4 Å². The second-order valence-corrected chi connectivity index (χ2v) is 7.80. The third-order valence-corrected chi connectivity index (χ3v) is 6.69. The van der Waals surface area contributed by atoms with E-state index in [1.165, 1.54) is 4.31 Å². The molecule has 0 N–H and O–H groups in total. The van der Waals surface area contributed by atoms with E-state index in [1.807, 2.05) is 0 Å². The fourth-order valence-corrected chi connectivity index (χ4v) is 4.93. The number of hydrogen-bond donors (Lipinski definition) is 0. The summed E-state index contributed by atoms with van der Waals surface area (Å²) in [5.41, 5.74) is 0.754. The Morgan fingerprint density at radius 3 is 2.33 bits per heavy atom. The molecule has 0 aliphatic carbocycles. The van der Waals surface area contributed by atoms with E-state index < -0.39 is 10.0 Å². The summed E-state index contributed by atoms with van der Waals surface area (Å²) >= 11 is 9.08. The van der Waals surface area contributed by atoms with Crippen LogP contribution in [0.25, 0.3) is 0 Å². The van der Waals surface area contributed by atoms with Crippen molar-refractivity contribution in [2.45, 2.75) is 23.0 Å².